The molecule has 1 saturated carbocycles. The summed E-state index contributed by atoms with van der Waals surface area (Å²) in [4.78, 5) is 0. The third-order valence-corrected chi connectivity index (χ3v) is 8.14. The molecule has 1 aliphatic carbocycles. The molecule has 2 saturated heterocycles. The summed E-state index contributed by atoms with van der Waals surface area (Å²) < 4.78 is 6.16. The third kappa shape index (κ3) is 2.08. The second kappa shape index (κ2) is 4.86. The first-order valence-corrected chi connectivity index (χ1v) is 9.32. The summed E-state index contributed by atoms with van der Waals surface area (Å²) >= 11 is 2.56. The number of hydrogen-bond acceptors (Lipinski definition) is 3. The number of alkyl halides is 1. The molecule has 4 unspecified atom stereocenters. The van der Waals surface area contributed by atoms with Crippen molar-refractivity contribution in [2.24, 2.45) is 11.7 Å². The van der Waals surface area contributed by atoms with Gasteiger partial charge < -0.3 is 10.5 Å². The van der Waals surface area contributed by atoms with Crippen LogP contribution in [-0.4, -0.2) is 40.7 Å². The van der Waals surface area contributed by atoms with Gasteiger partial charge in [-0.15, -0.1) is 8.58 Å². The van der Waals surface area contributed by atoms with Crippen molar-refractivity contribution >= 4 is 31.2 Å². The molecule has 2 aliphatic heterocycles. The zero-order valence-corrected chi connectivity index (χ0v) is 13.4. The van der Waals surface area contributed by atoms with Gasteiger partial charge in [-0.2, -0.15) is 0 Å². The van der Waals surface area contributed by atoms with Gasteiger partial charge in [0.25, 0.3) is 0 Å². The molecule has 3 nitrogen and oxygen atoms in total. The zero-order valence-electron chi connectivity index (χ0n) is 10.3. The average Bonchev–Trinajstić information content (AvgIpc) is 2.65. The SMILES string of the molecule is CPC1C(COC2CCC2)[C@]2(I)N[C@H]1CC2N. The fourth-order valence-corrected chi connectivity index (χ4v) is 6.40. The molecular weight excluding hydrogens is 346 g/mol. The molecule has 0 aromatic carbocycles. The lowest BCUT2D eigenvalue weighted by molar-refractivity contribution is -0.0204. The van der Waals surface area contributed by atoms with Crippen LogP contribution in [0.3, 0.4) is 0 Å². The maximum absolute atomic E-state index is 6.29. The number of nitrogens with one attached hydrogen (secondary N) is 1. The number of rotatable bonds is 4. The Kier molecular flexibility index (Phi) is 3.73. The third-order valence-electron chi connectivity index (χ3n) is 4.76. The van der Waals surface area contributed by atoms with Gasteiger partial charge in [-0.25, -0.2) is 0 Å². The molecule has 0 aromatic rings. The van der Waals surface area contributed by atoms with Crippen molar-refractivity contribution in [2.75, 3.05) is 13.3 Å². The molecule has 0 radical (unpaired) electrons. The van der Waals surface area contributed by atoms with E-state index in [1.54, 1.807) is 0 Å². The van der Waals surface area contributed by atoms with Gasteiger partial charge in [0.2, 0.25) is 0 Å². The number of hydrogen-bond donors (Lipinski definition) is 2. The van der Waals surface area contributed by atoms with E-state index in [2.05, 4.69) is 34.6 Å². The van der Waals surface area contributed by atoms with E-state index in [0.29, 0.717) is 24.1 Å². The molecule has 98 valence electrons. The van der Waals surface area contributed by atoms with Crippen molar-refractivity contribution < 1.29 is 4.74 Å². The fraction of sp³-hybridized carbons (Fsp3) is 1.00. The van der Waals surface area contributed by atoms with E-state index < -0.39 is 0 Å². The molecule has 3 rings (SSSR count). The van der Waals surface area contributed by atoms with Gasteiger partial charge in [0.15, 0.2) is 0 Å². The van der Waals surface area contributed by atoms with Crippen LogP contribution in [0.15, 0.2) is 0 Å². The highest BCUT2D eigenvalue weighted by Crippen LogP contribution is 2.51. The summed E-state index contributed by atoms with van der Waals surface area (Å²) in [6.07, 6.45) is 5.58. The van der Waals surface area contributed by atoms with Crippen molar-refractivity contribution in [3.63, 3.8) is 0 Å². The normalized spacial score (nSPS) is 50.3. The highest BCUT2D eigenvalue weighted by atomic mass is 127. The number of nitrogens with two attached hydrogens (primary N) is 1. The Morgan fingerprint density at radius 3 is 2.88 bits per heavy atom. The fourth-order valence-electron chi connectivity index (χ4n) is 3.46. The molecule has 3 fully saturated rings. The van der Waals surface area contributed by atoms with Crippen molar-refractivity contribution in [2.45, 2.75) is 53.1 Å². The molecule has 0 aromatic heterocycles. The van der Waals surface area contributed by atoms with Crippen LogP contribution in [0.5, 0.6) is 0 Å². The molecule has 3 N–H and O–H groups in total. The van der Waals surface area contributed by atoms with Crippen LogP contribution >= 0.6 is 31.2 Å². The maximum Gasteiger partial charge on any atom is 0.0917 e. The Balaban J connectivity index is 1.67. The molecule has 5 heteroatoms. The van der Waals surface area contributed by atoms with Gasteiger partial charge in [0, 0.05) is 18.0 Å². The van der Waals surface area contributed by atoms with Gasteiger partial charge in [-0.3, -0.25) is 5.32 Å². The lowest BCUT2D eigenvalue weighted by Crippen LogP contribution is -2.53. The van der Waals surface area contributed by atoms with Crippen LogP contribution in [-0.2, 0) is 4.74 Å². The highest BCUT2D eigenvalue weighted by molar-refractivity contribution is 14.1. The molecule has 3 aliphatic rings. The predicted octanol–water partition coefficient (Wildman–Crippen LogP) is 1.68. The zero-order chi connectivity index (χ0) is 12.0. The monoisotopic (exact) mass is 368 g/mol. The van der Waals surface area contributed by atoms with Gasteiger partial charge in [0.1, 0.15) is 0 Å². The Hall–Kier alpha value is 1.04. The molecular formula is C12H22IN2OP. The van der Waals surface area contributed by atoms with Gasteiger partial charge in [-0.05, 0) is 38.0 Å². The van der Waals surface area contributed by atoms with E-state index >= 15 is 0 Å². The first kappa shape index (κ1) is 13.0. The second-order valence-corrected chi connectivity index (χ2v) is 8.70. The molecule has 0 spiro atoms. The topological polar surface area (TPSA) is 47.3 Å². The Bertz CT molecular complexity index is 302. The van der Waals surface area contributed by atoms with Crippen LogP contribution in [0.1, 0.15) is 25.7 Å². The van der Waals surface area contributed by atoms with E-state index in [9.17, 15) is 0 Å². The first-order chi connectivity index (χ1) is 8.15. The Labute approximate surface area is 119 Å². The quantitative estimate of drug-likeness (QED) is 0.344. The predicted molar refractivity (Wildman–Crippen MR) is 81.4 cm³/mol. The first-order valence-electron chi connectivity index (χ1n) is 6.66. The van der Waals surface area contributed by atoms with E-state index in [0.717, 1.165) is 27.3 Å². The smallest absolute Gasteiger partial charge is 0.0917 e. The highest BCUT2D eigenvalue weighted by Gasteiger charge is 2.59. The second-order valence-electron chi connectivity index (χ2n) is 5.67. The minimum Gasteiger partial charge on any atom is -0.378 e. The van der Waals surface area contributed by atoms with Crippen LogP contribution in [0.2, 0.25) is 0 Å². The Morgan fingerprint density at radius 2 is 2.29 bits per heavy atom. The summed E-state index contributed by atoms with van der Waals surface area (Å²) in [5.41, 5.74) is 7.08. The molecule has 2 bridgehead atoms. The van der Waals surface area contributed by atoms with Crippen LogP contribution < -0.4 is 11.1 Å². The van der Waals surface area contributed by atoms with E-state index in [4.69, 9.17) is 10.5 Å². The van der Waals surface area contributed by atoms with E-state index in [-0.39, 0.29) is 3.55 Å². The molecule has 2 heterocycles. The van der Waals surface area contributed by atoms with Crippen molar-refractivity contribution in [3.05, 3.63) is 0 Å². The largest absolute Gasteiger partial charge is 0.378 e. The van der Waals surface area contributed by atoms with Crippen molar-refractivity contribution in [1.82, 2.24) is 5.32 Å². The summed E-state index contributed by atoms with van der Waals surface area (Å²) in [7, 11) is 0.999. The van der Waals surface area contributed by atoms with Crippen LogP contribution in [0.4, 0.5) is 0 Å². The van der Waals surface area contributed by atoms with Crippen LogP contribution in [0.25, 0.3) is 0 Å². The van der Waals surface area contributed by atoms with E-state index in [1.807, 2.05) is 0 Å². The summed E-state index contributed by atoms with van der Waals surface area (Å²) in [5, 5.41) is 3.75. The number of fused-ring (bicyclic) bond motifs is 2. The van der Waals surface area contributed by atoms with Gasteiger partial charge >= 0.3 is 0 Å². The summed E-state index contributed by atoms with van der Waals surface area (Å²) in [6, 6.07) is 0.941. The minimum absolute atomic E-state index is 0.0971. The average molecular weight is 368 g/mol. The van der Waals surface area contributed by atoms with Gasteiger partial charge in [-0.1, -0.05) is 22.6 Å². The number of ether oxygens (including phenoxy) is 1. The summed E-state index contributed by atoms with van der Waals surface area (Å²) in [5.74, 6) is 0.612. The molecule has 0 amide bonds. The Morgan fingerprint density at radius 1 is 1.53 bits per heavy atom. The van der Waals surface area contributed by atoms with Gasteiger partial charge in [0.05, 0.1) is 16.3 Å². The van der Waals surface area contributed by atoms with Crippen molar-refractivity contribution in [3.8, 4) is 0 Å². The summed E-state index contributed by atoms with van der Waals surface area (Å²) in [6.45, 7) is 3.24. The molecule has 6 atom stereocenters. The molecule has 17 heavy (non-hydrogen) atoms. The minimum atomic E-state index is 0.0971. The van der Waals surface area contributed by atoms with Crippen LogP contribution in [0, 0.1) is 5.92 Å². The standard InChI is InChI=1S/C12H22IN2OP/c1-17-11-8(6-16-7-3-2-4-7)12(13)10(14)5-9(11)15-12/h7-11,15,17H,2-6,14H2,1H3/t8?,9-,10?,11?,12-/m0/s1. The lowest BCUT2D eigenvalue weighted by Gasteiger charge is -2.39. The van der Waals surface area contributed by atoms with Crippen molar-refractivity contribution in [1.29, 1.82) is 0 Å². The maximum atomic E-state index is 6.29. The van der Waals surface area contributed by atoms with E-state index in [1.165, 1.54) is 19.3 Å². The lowest BCUT2D eigenvalue weighted by atomic mass is 9.85. The number of halogens is 1.